The summed E-state index contributed by atoms with van der Waals surface area (Å²) in [7, 11) is 0. The zero-order valence-corrected chi connectivity index (χ0v) is 10.6. The Labute approximate surface area is 109 Å². The molecule has 0 aliphatic rings. The van der Waals surface area contributed by atoms with E-state index in [-0.39, 0.29) is 5.25 Å². The molecule has 1 atom stereocenters. The van der Waals surface area contributed by atoms with Crippen LogP contribution in [0.1, 0.15) is 10.8 Å². The van der Waals surface area contributed by atoms with E-state index in [1.165, 1.54) is 6.33 Å². The van der Waals surface area contributed by atoms with Crippen LogP contribution in [-0.4, -0.2) is 14.8 Å². The SMILES string of the molecule is SC(Cn1cncn1)c1ccc(Cl)cc1Cl. The van der Waals surface area contributed by atoms with Gasteiger partial charge in [-0.2, -0.15) is 17.7 Å². The van der Waals surface area contributed by atoms with Crippen molar-refractivity contribution in [1.29, 1.82) is 0 Å². The van der Waals surface area contributed by atoms with E-state index in [0.717, 1.165) is 5.56 Å². The largest absolute Gasteiger partial charge is 0.252 e. The van der Waals surface area contributed by atoms with Gasteiger partial charge in [0.25, 0.3) is 0 Å². The van der Waals surface area contributed by atoms with Crippen molar-refractivity contribution in [3.8, 4) is 0 Å². The van der Waals surface area contributed by atoms with Gasteiger partial charge in [0.15, 0.2) is 0 Å². The minimum absolute atomic E-state index is 0.0357. The molecule has 3 nitrogen and oxygen atoms in total. The molecule has 0 fully saturated rings. The number of rotatable bonds is 3. The third-order valence-electron chi connectivity index (χ3n) is 2.15. The Hall–Kier alpha value is -0.710. The lowest BCUT2D eigenvalue weighted by molar-refractivity contribution is 0.607. The number of aromatic nitrogens is 3. The lowest BCUT2D eigenvalue weighted by Gasteiger charge is -2.12. The van der Waals surface area contributed by atoms with E-state index < -0.39 is 0 Å². The lowest BCUT2D eigenvalue weighted by atomic mass is 10.1. The van der Waals surface area contributed by atoms with Crippen LogP contribution >= 0.6 is 35.8 Å². The molecule has 0 amide bonds. The van der Waals surface area contributed by atoms with Crippen LogP contribution in [0.15, 0.2) is 30.9 Å². The molecule has 6 heteroatoms. The fourth-order valence-corrected chi connectivity index (χ4v) is 2.38. The molecule has 2 rings (SSSR count). The summed E-state index contributed by atoms with van der Waals surface area (Å²) in [6, 6.07) is 5.38. The van der Waals surface area contributed by atoms with Crippen LogP contribution in [0.2, 0.25) is 10.0 Å². The summed E-state index contributed by atoms with van der Waals surface area (Å²) in [5, 5.41) is 5.22. The summed E-state index contributed by atoms with van der Waals surface area (Å²) in [5.74, 6) is 0. The number of benzene rings is 1. The van der Waals surface area contributed by atoms with Gasteiger partial charge in [-0.25, -0.2) is 4.98 Å². The van der Waals surface area contributed by atoms with Gasteiger partial charge < -0.3 is 0 Å². The van der Waals surface area contributed by atoms with Gasteiger partial charge in [-0.1, -0.05) is 29.3 Å². The molecule has 2 aromatic rings. The average molecular weight is 274 g/mol. The van der Waals surface area contributed by atoms with Crippen LogP contribution in [0.4, 0.5) is 0 Å². The summed E-state index contributed by atoms with van der Waals surface area (Å²) < 4.78 is 1.71. The van der Waals surface area contributed by atoms with Gasteiger partial charge in [0.1, 0.15) is 12.7 Å². The first-order valence-corrected chi connectivity index (χ1v) is 5.89. The predicted octanol–water partition coefficient (Wildman–Crippen LogP) is 3.26. The van der Waals surface area contributed by atoms with E-state index in [4.69, 9.17) is 23.2 Å². The molecule has 1 aromatic carbocycles. The van der Waals surface area contributed by atoms with Crippen molar-refractivity contribution in [3.63, 3.8) is 0 Å². The summed E-state index contributed by atoms with van der Waals surface area (Å²) in [6.07, 6.45) is 3.14. The number of hydrogen-bond donors (Lipinski definition) is 1. The van der Waals surface area contributed by atoms with Crippen LogP contribution < -0.4 is 0 Å². The molecule has 0 N–H and O–H groups in total. The molecule has 0 radical (unpaired) electrons. The Bertz CT molecular complexity index is 473. The molecule has 1 unspecified atom stereocenters. The lowest BCUT2D eigenvalue weighted by Crippen LogP contribution is -2.05. The minimum Gasteiger partial charge on any atom is -0.252 e. The maximum Gasteiger partial charge on any atom is 0.137 e. The smallest absolute Gasteiger partial charge is 0.137 e. The summed E-state index contributed by atoms with van der Waals surface area (Å²) in [4.78, 5) is 3.87. The molecular formula is C10H9Cl2N3S. The molecule has 0 aliphatic carbocycles. The first kappa shape index (κ1) is 11.8. The highest BCUT2D eigenvalue weighted by molar-refractivity contribution is 7.80. The quantitative estimate of drug-likeness (QED) is 0.871. The van der Waals surface area contributed by atoms with Crippen LogP contribution in [-0.2, 0) is 6.54 Å². The predicted molar refractivity (Wildman–Crippen MR) is 68.2 cm³/mol. The molecule has 84 valence electrons. The standard InChI is InChI=1S/C10H9Cl2N3S/c11-7-1-2-8(9(12)3-7)10(16)4-15-6-13-5-14-15/h1-3,5-6,10,16H,4H2. The Balaban J connectivity index is 2.17. The summed E-state index contributed by atoms with van der Waals surface area (Å²) >= 11 is 16.4. The first-order chi connectivity index (χ1) is 7.66. The van der Waals surface area contributed by atoms with E-state index in [0.29, 0.717) is 16.6 Å². The molecule has 1 aromatic heterocycles. The summed E-state index contributed by atoms with van der Waals surface area (Å²) in [6.45, 7) is 0.616. The number of nitrogens with zero attached hydrogens (tertiary/aromatic N) is 3. The van der Waals surface area contributed by atoms with E-state index in [9.17, 15) is 0 Å². The Morgan fingerprint density at radius 2 is 2.19 bits per heavy atom. The van der Waals surface area contributed by atoms with Crippen molar-refractivity contribution in [1.82, 2.24) is 14.8 Å². The van der Waals surface area contributed by atoms with Gasteiger partial charge >= 0.3 is 0 Å². The van der Waals surface area contributed by atoms with Crippen molar-refractivity contribution in [2.45, 2.75) is 11.8 Å². The number of thiol groups is 1. The highest BCUT2D eigenvalue weighted by atomic mass is 35.5. The normalized spacial score (nSPS) is 12.7. The summed E-state index contributed by atoms with van der Waals surface area (Å²) in [5.41, 5.74) is 0.935. The monoisotopic (exact) mass is 273 g/mol. The van der Waals surface area contributed by atoms with Crippen LogP contribution in [0.25, 0.3) is 0 Å². The van der Waals surface area contributed by atoms with E-state index >= 15 is 0 Å². The Morgan fingerprint density at radius 3 is 2.81 bits per heavy atom. The minimum atomic E-state index is -0.0357. The van der Waals surface area contributed by atoms with E-state index in [2.05, 4.69) is 22.7 Å². The van der Waals surface area contributed by atoms with Crippen molar-refractivity contribution in [3.05, 3.63) is 46.5 Å². The van der Waals surface area contributed by atoms with Gasteiger partial charge in [-0.05, 0) is 17.7 Å². The number of halogens is 2. The van der Waals surface area contributed by atoms with Crippen LogP contribution in [0.5, 0.6) is 0 Å². The molecule has 0 spiro atoms. The second-order valence-electron chi connectivity index (χ2n) is 3.30. The molecular weight excluding hydrogens is 265 g/mol. The third kappa shape index (κ3) is 2.70. The topological polar surface area (TPSA) is 30.7 Å². The van der Waals surface area contributed by atoms with Crippen molar-refractivity contribution >= 4 is 35.8 Å². The first-order valence-electron chi connectivity index (χ1n) is 4.62. The van der Waals surface area contributed by atoms with Crippen LogP contribution in [0, 0.1) is 0 Å². The van der Waals surface area contributed by atoms with Crippen molar-refractivity contribution < 1.29 is 0 Å². The maximum absolute atomic E-state index is 6.09. The van der Waals surface area contributed by atoms with Gasteiger partial charge in [0.05, 0.1) is 6.54 Å². The number of hydrogen-bond acceptors (Lipinski definition) is 3. The van der Waals surface area contributed by atoms with E-state index in [1.54, 1.807) is 23.1 Å². The zero-order chi connectivity index (χ0) is 11.5. The van der Waals surface area contributed by atoms with Gasteiger partial charge in [0.2, 0.25) is 0 Å². The zero-order valence-electron chi connectivity index (χ0n) is 8.22. The highest BCUT2D eigenvalue weighted by Crippen LogP contribution is 2.30. The molecule has 0 bridgehead atoms. The molecule has 1 heterocycles. The Kier molecular flexibility index (Phi) is 3.74. The van der Waals surface area contributed by atoms with Gasteiger partial charge in [-0.15, -0.1) is 0 Å². The van der Waals surface area contributed by atoms with Gasteiger partial charge in [0, 0.05) is 15.3 Å². The second-order valence-corrected chi connectivity index (χ2v) is 4.77. The maximum atomic E-state index is 6.09. The fraction of sp³-hybridized carbons (Fsp3) is 0.200. The highest BCUT2D eigenvalue weighted by Gasteiger charge is 2.11. The second kappa shape index (κ2) is 5.08. The Morgan fingerprint density at radius 1 is 1.38 bits per heavy atom. The molecule has 0 saturated heterocycles. The van der Waals surface area contributed by atoms with Gasteiger partial charge in [-0.3, -0.25) is 4.68 Å². The van der Waals surface area contributed by atoms with Crippen molar-refractivity contribution in [2.75, 3.05) is 0 Å². The molecule has 0 saturated carbocycles. The van der Waals surface area contributed by atoms with Crippen LogP contribution in [0.3, 0.4) is 0 Å². The fourth-order valence-electron chi connectivity index (χ4n) is 1.37. The van der Waals surface area contributed by atoms with Crippen molar-refractivity contribution in [2.24, 2.45) is 0 Å². The molecule has 16 heavy (non-hydrogen) atoms. The average Bonchev–Trinajstić information content (AvgIpc) is 2.70. The molecule has 0 aliphatic heterocycles. The third-order valence-corrected chi connectivity index (χ3v) is 3.15. The van der Waals surface area contributed by atoms with E-state index in [1.807, 2.05) is 6.07 Å².